The Morgan fingerprint density at radius 2 is 1.75 bits per heavy atom. The van der Waals surface area contributed by atoms with E-state index in [9.17, 15) is 4.79 Å². The highest BCUT2D eigenvalue weighted by atomic mass is 16.5. The second-order valence-electron chi connectivity index (χ2n) is 5.83. The molecule has 0 aliphatic heterocycles. The van der Waals surface area contributed by atoms with E-state index in [2.05, 4.69) is 5.32 Å². The lowest BCUT2D eigenvalue weighted by Gasteiger charge is -2.10. The molecule has 0 heterocycles. The molecule has 1 amide bonds. The molecule has 0 radical (unpaired) electrons. The minimum atomic E-state index is -0.0443. The van der Waals surface area contributed by atoms with Crippen molar-refractivity contribution < 1.29 is 14.3 Å². The summed E-state index contributed by atoms with van der Waals surface area (Å²) in [5.41, 5.74) is 1.76. The van der Waals surface area contributed by atoms with Crippen molar-refractivity contribution in [2.24, 2.45) is 0 Å². The Hall–Kier alpha value is -2.49. The predicted octanol–water partition coefficient (Wildman–Crippen LogP) is 3.85. The summed E-state index contributed by atoms with van der Waals surface area (Å²) in [5.74, 6) is 1.55. The van der Waals surface area contributed by atoms with Gasteiger partial charge in [0.2, 0.25) is 0 Å². The van der Waals surface area contributed by atoms with Crippen molar-refractivity contribution in [3.05, 3.63) is 59.7 Å². The topological polar surface area (TPSA) is 47.6 Å². The van der Waals surface area contributed by atoms with Gasteiger partial charge in [-0.15, -0.1) is 0 Å². The molecule has 0 aliphatic rings. The van der Waals surface area contributed by atoms with Crippen LogP contribution in [-0.2, 0) is 6.42 Å². The Morgan fingerprint density at radius 1 is 1.04 bits per heavy atom. The summed E-state index contributed by atoms with van der Waals surface area (Å²) in [6, 6.07) is 15.4. The van der Waals surface area contributed by atoms with Gasteiger partial charge in [0.15, 0.2) is 0 Å². The van der Waals surface area contributed by atoms with E-state index >= 15 is 0 Å². The van der Waals surface area contributed by atoms with Crippen LogP contribution in [-0.4, -0.2) is 25.2 Å². The van der Waals surface area contributed by atoms with E-state index < -0.39 is 0 Å². The summed E-state index contributed by atoms with van der Waals surface area (Å²) >= 11 is 0. The van der Waals surface area contributed by atoms with Gasteiger partial charge in [-0.05, 0) is 50.6 Å². The molecule has 2 aromatic rings. The highest BCUT2D eigenvalue weighted by Gasteiger charge is 2.07. The standard InChI is InChI=1S/C20H25NO3/c1-4-23-18-9-6-10-19(14-18)24-12-11-16-7-5-8-17(13-16)20(22)21-15(2)3/h5-10,13-15H,4,11-12H2,1-3H3,(H,21,22). The van der Waals surface area contributed by atoms with Crippen LogP contribution in [0.25, 0.3) is 0 Å². The zero-order chi connectivity index (χ0) is 17.4. The number of benzene rings is 2. The second kappa shape index (κ2) is 8.96. The fraction of sp³-hybridized carbons (Fsp3) is 0.350. The molecular formula is C20H25NO3. The fourth-order valence-corrected chi connectivity index (χ4v) is 2.32. The molecule has 1 N–H and O–H groups in total. The Bertz CT molecular complexity index is 667. The molecule has 0 unspecified atom stereocenters. The molecule has 0 spiro atoms. The van der Waals surface area contributed by atoms with Crippen LogP contribution in [0.1, 0.15) is 36.7 Å². The van der Waals surface area contributed by atoms with Crippen molar-refractivity contribution in [3.8, 4) is 11.5 Å². The van der Waals surface area contributed by atoms with Gasteiger partial charge in [0.05, 0.1) is 13.2 Å². The molecular weight excluding hydrogens is 302 g/mol. The first-order chi connectivity index (χ1) is 11.6. The molecule has 0 saturated heterocycles. The highest BCUT2D eigenvalue weighted by Crippen LogP contribution is 2.19. The van der Waals surface area contributed by atoms with Crippen molar-refractivity contribution in [2.75, 3.05) is 13.2 Å². The average Bonchev–Trinajstić information content (AvgIpc) is 2.55. The molecule has 24 heavy (non-hydrogen) atoms. The number of nitrogens with one attached hydrogen (secondary N) is 1. The summed E-state index contributed by atoms with van der Waals surface area (Å²) in [4.78, 5) is 12.0. The third-order valence-corrected chi connectivity index (χ3v) is 3.38. The summed E-state index contributed by atoms with van der Waals surface area (Å²) in [6.45, 7) is 7.04. The largest absolute Gasteiger partial charge is 0.494 e. The maximum atomic E-state index is 12.0. The first-order valence-corrected chi connectivity index (χ1v) is 8.34. The fourth-order valence-electron chi connectivity index (χ4n) is 2.32. The minimum absolute atomic E-state index is 0.0443. The van der Waals surface area contributed by atoms with Crippen molar-refractivity contribution in [2.45, 2.75) is 33.2 Å². The second-order valence-corrected chi connectivity index (χ2v) is 5.83. The molecule has 2 rings (SSSR count). The van der Waals surface area contributed by atoms with Crippen LogP contribution in [0.2, 0.25) is 0 Å². The predicted molar refractivity (Wildman–Crippen MR) is 95.9 cm³/mol. The van der Waals surface area contributed by atoms with Gasteiger partial charge in [0.1, 0.15) is 11.5 Å². The first-order valence-electron chi connectivity index (χ1n) is 8.34. The van der Waals surface area contributed by atoms with Gasteiger partial charge < -0.3 is 14.8 Å². The van der Waals surface area contributed by atoms with E-state index in [1.165, 1.54) is 0 Å². The van der Waals surface area contributed by atoms with Crippen LogP contribution >= 0.6 is 0 Å². The Labute approximate surface area is 143 Å². The monoisotopic (exact) mass is 327 g/mol. The normalized spacial score (nSPS) is 10.5. The summed E-state index contributed by atoms with van der Waals surface area (Å²) in [6.07, 6.45) is 0.738. The van der Waals surface area contributed by atoms with Crippen LogP contribution in [0.3, 0.4) is 0 Å². The van der Waals surface area contributed by atoms with E-state index in [1.54, 1.807) is 0 Å². The SMILES string of the molecule is CCOc1cccc(OCCc2cccc(C(=O)NC(C)C)c2)c1. The third-order valence-electron chi connectivity index (χ3n) is 3.38. The van der Waals surface area contributed by atoms with E-state index in [4.69, 9.17) is 9.47 Å². The summed E-state index contributed by atoms with van der Waals surface area (Å²) in [5, 5.41) is 2.90. The van der Waals surface area contributed by atoms with Crippen molar-refractivity contribution in [1.82, 2.24) is 5.32 Å². The zero-order valence-corrected chi connectivity index (χ0v) is 14.5. The zero-order valence-electron chi connectivity index (χ0n) is 14.5. The van der Waals surface area contributed by atoms with Gasteiger partial charge in [-0.2, -0.15) is 0 Å². The molecule has 0 fully saturated rings. The Morgan fingerprint density at radius 3 is 2.46 bits per heavy atom. The molecule has 2 aromatic carbocycles. The maximum absolute atomic E-state index is 12.0. The molecule has 0 aromatic heterocycles. The molecule has 0 bridgehead atoms. The van der Waals surface area contributed by atoms with Gasteiger partial charge in [0.25, 0.3) is 5.91 Å². The molecule has 0 aliphatic carbocycles. The van der Waals surface area contributed by atoms with Gasteiger partial charge in [0, 0.05) is 24.1 Å². The molecule has 0 atom stereocenters. The van der Waals surface area contributed by atoms with Crippen LogP contribution < -0.4 is 14.8 Å². The lowest BCUT2D eigenvalue weighted by Crippen LogP contribution is -2.30. The maximum Gasteiger partial charge on any atom is 0.251 e. The van der Waals surface area contributed by atoms with Gasteiger partial charge in [-0.1, -0.05) is 18.2 Å². The number of carbonyl (C=O) groups is 1. The Balaban J connectivity index is 1.90. The van der Waals surface area contributed by atoms with E-state index in [0.29, 0.717) is 18.8 Å². The number of ether oxygens (including phenoxy) is 2. The number of rotatable bonds is 8. The molecule has 4 heteroatoms. The number of hydrogen-bond donors (Lipinski definition) is 1. The van der Waals surface area contributed by atoms with Gasteiger partial charge in [-0.25, -0.2) is 0 Å². The van der Waals surface area contributed by atoms with Gasteiger partial charge >= 0.3 is 0 Å². The van der Waals surface area contributed by atoms with Crippen molar-refractivity contribution >= 4 is 5.91 Å². The quantitative estimate of drug-likeness (QED) is 0.801. The first kappa shape index (κ1) is 17.9. The minimum Gasteiger partial charge on any atom is -0.494 e. The van der Waals surface area contributed by atoms with Crippen LogP contribution in [0.4, 0.5) is 0 Å². The van der Waals surface area contributed by atoms with Crippen LogP contribution in [0.5, 0.6) is 11.5 Å². The smallest absolute Gasteiger partial charge is 0.251 e. The van der Waals surface area contributed by atoms with Crippen LogP contribution in [0.15, 0.2) is 48.5 Å². The van der Waals surface area contributed by atoms with E-state index in [1.807, 2.05) is 69.3 Å². The van der Waals surface area contributed by atoms with Crippen molar-refractivity contribution in [1.29, 1.82) is 0 Å². The molecule has 4 nitrogen and oxygen atoms in total. The number of amides is 1. The van der Waals surface area contributed by atoms with Crippen molar-refractivity contribution in [3.63, 3.8) is 0 Å². The van der Waals surface area contributed by atoms with Crippen LogP contribution in [0, 0.1) is 0 Å². The lowest BCUT2D eigenvalue weighted by atomic mass is 10.1. The Kier molecular flexibility index (Phi) is 6.67. The average molecular weight is 327 g/mol. The third kappa shape index (κ3) is 5.61. The number of hydrogen-bond acceptors (Lipinski definition) is 3. The van der Waals surface area contributed by atoms with E-state index in [-0.39, 0.29) is 11.9 Å². The number of carbonyl (C=O) groups excluding carboxylic acids is 1. The lowest BCUT2D eigenvalue weighted by molar-refractivity contribution is 0.0943. The molecule has 128 valence electrons. The highest BCUT2D eigenvalue weighted by molar-refractivity contribution is 5.94. The summed E-state index contributed by atoms with van der Waals surface area (Å²) in [7, 11) is 0. The summed E-state index contributed by atoms with van der Waals surface area (Å²) < 4.78 is 11.2. The van der Waals surface area contributed by atoms with E-state index in [0.717, 1.165) is 23.5 Å². The van der Waals surface area contributed by atoms with Gasteiger partial charge in [-0.3, -0.25) is 4.79 Å². The molecule has 0 saturated carbocycles.